The number of thiophene rings is 1. The molecular formula is C12H19N3O3S2. The Morgan fingerprint density at radius 1 is 1.30 bits per heavy atom. The fraction of sp³-hybridized carbons (Fsp3) is 0.583. The molecule has 0 radical (unpaired) electrons. The van der Waals surface area contributed by atoms with E-state index in [1.54, 1.807) is 16.2 Å². The molecule has 112 valence electrons. The molecule has 6 nitrogen and oxygen atoms in total. The highest BCUT2D eigenvalue weighted by molar-refractivity contribution is 7.86. The SMILES string of the molecule is CN(C)S(=O)(=O)N1CCN(C(=O)Cc2cccs2)CC1. The number of carbonyl (C=O) groups excluding carboxylic acids is 1. The highest BCUT2D eigenvalue weighted by atomic mass is 32.2. The molecule has 1 aromatic heterocycles. The minimum atomic E-state index is -3.37. The predicted octanol–water partition coefficient (Wildman–Crippen LogP) is 0.241. The molecule has 1 aromatic rings. The minimum Gasteiger partial charge on any atom is -0.340 e. The number of carbonyl (C=O) groups is 1. The van der Waals surface area contributed by atoms with E-state index in [1.165, 1.54) is 22.7 Å². The van der Waals surface area contributed by atoms with Crippen molar-refractivity contribution in [2.45, 2.75) is 6.42 Å². The Balaban J connectivity index is 1.90. The molecule has 0 bridgehead atoms. The number of piperazine rings is 1. The van der Waals surface area contributed by atoms with Gasteiger partial charge in [-0.15, -0.1) is 11.3 Å². The molecule has 2 heterocycles. The van der Waals surface area contributed by atoms with Gasteiger partial charge in [0.15, 0.2) is 0 Å². The van der Waals surface area contributed by atoms with Crippen LogP contribution in [-0.2, 0) is 21.4 Å². The first-order chi connectivity index (χ1) is 9.41. The van der Waals surface area contributed by atoms with Crippen LogP contribution in [0.4, 0.5) is 0 Å². The average molecular weight is 317 g/mol. The molecule has 0 aliphatic carbocycles. The van der Waals surface area contributed by atoms with E-state index in [-0.39, 0.29) is 5.91 Å². The van der Waals surface area contributed by atoms with Crippen molar-refractivity contribution >= 4 is 27.5 Å². The Labute approximate surface area is 123 Å². The summed E-state index contributed by atoms with van der Waals surface area (Å²) in [6.07, 6.45) is 0.401. The summed E-state index contributed by atoms with van der Waals surface area (Å²) >= 11 is 1.56. The van der Waals surface area contributed by atoms with Crippen molar-refractivity contribution in [3.8, 4) is 0 Å². The van der Waals surface area contributed by atoms with Crippen LogP contribution >= 0.6 is 11.3 Å². The van der Waals surface area contributed by atoms with Crippen molar-refractivity contribution in [1.29, 1.82) is 0 Å². The zero-order valence-electron chi connectivity index (χ0n) is 11.7. The van der Waals surface area contributed by atoms with E-state index in [0.717, 1.165) is 4.88 Å². The molecule has 2 rings (SSSR count). The Morgan fingerprint density at radius 3 is 2.45 bits per heavy atom. The highest BCUT2D eigenvalue weighted by Crippen LogP contribution is 2.13. The molecule has 1 saturated heterocycles. The van der Waals surface area contributed by atoms with E-state index in [4.69, 9.17) is 0 Å². The van der Waals surface area contributed by atoms with Crippen LogP contribution in [0, 0.1) is 0 Å². The molecule has 8 heteroatoms. The van der Waals surface area contributed by atoms with Gasteiger partial charge in [-0.1, -0.05) is 6.07 Å². The minimum absolute atomic E-state index is 0.0642. The largest absolute Gasteiger partial charge is 0.340 e. The quantitative estimate of drug-likeness (QED) is 0.799. The van der Waals surface area contributed by atoms with Crippen molar-refractivity contribution in [1.82, 2.24) is 13.5 Å². The van der Waals surface area contributed by atoms with Crippen LogP contribution in [0.25, 0.3) is 0 Å². The van der Waals surface area contributed by atoms with Gasteiger partial charge in [-0.05, 0) is 11.4 Å². The van der Waals surface area contributed by atoms with Gasteiger partial charge in [-0.25, -0.2) is 0 Å². The van der Waals surface area contributed by atoms with Gasteiger partial charge in [-0.2, -0.15) is 17.0 Å². The van der Waals surface area contributed by atoms with Crippen LogP contribution < -0.4 is 0 Å². The van der Waals surface area contributed by atoms with Crippen LogP contribution in [0.1, 0.15) is 4.88 Å². The second kappa shape index (κ2) is 6.21. The van der Waals surface area contributed by atoms with E-state index in [0.29, 0.717) is 32.6 Å². The third kappa shape index (κ3) is 3.38. The zero-order valence-corrected chi connectivity index (χ0v) is 13.3. The first kappa shape index (κ1) is 15.4. The average Bonchev–Trinajstić information content (AvgIpc) is 2.91. The maximum Gasteiger partial charge on any atom is 0.281 e. The summed E-state index contributed by atoms with van der Waals surface area (Å²) in [7, 11) is -0.333. The fourth-order valence-corrected chi connectivity index (χ4v) is 3.86. The van der Waals surface area contributed by atoms with Crippen molar-refractivity contribution in [2.75, 3.05) is 40.3 Å². The van der Waals surface area contributed by atoms with Gasteiger partial charge in [-0.3, -0.25) is 4.79 Å². The molecule has 0 spiro atoms. The second-order valence-corrected chi connectivity index (χ2v) is 8.00. The lowest BCUT2D eigenvalue weighted by Gasteiger charge is -2.35. The monoisotopic (exact) mass is 317 g/mol. The van der Waals surface area contributed by atoms with E-state index in [9.17, 15) is 13.2 Å². The van der Waals surface area contributed by atoms with Crippen LogP contribution in [-0.4, -0.2) is 68.1 Å². The van der Waals surface area contributed by atoms with Crippen LogP contribution in [0.2, 0.25) is 0 Å². The molecule has 0 unspecified atom stereocenters. The predicted molar refractivity (Wildman–Crippen MR) is 78.8 cm³/mol. The number of hydrogen-bond acceptors (Lipinski definition) is 4. The fourth-order valence-electron chi connectivity index (χ4n) is 2.07. The number of rotatable bonds is 4. The summed E-state index contributed by atoms with van der Waals surface area (Å²) in [4.78, 5) is 14.9. The van der Waals surface area contributed by atoms with Gasteiger partial charge < -0.3 is 4.90 Å². The van der Waals surface area contributed by atoms with Gasteiger partial charge >= 0.3 is 0 Å². The van der Waals surface area contributed by atoms with Gasteiger partial charge in [0.05, 0.1) is 6.42 Å². The molecule has 20 heavy (non-hydrogen) atoms. The Morgan fingerprint density at radius 2 is 1.95 bits per heavy atom. The van der Waals surface area contributed by atoms with Crippen LogP contribution in [0.15, 0.2) is 17.5 Å². The number of nitrogens with zero attached hydrogens (tertiary/aromatic N) is 3. The molecule has 0 atom stereocenters. The lowest BCUT2D eigenvalue weighted by Crippen LogP contribution is -2.53. The van der Waals surface area contributed by atoms with Crippen molar-refractivity contribution in [3.63, 3.8) is 0 Å². The molecule has 1 aliphatic rings. The summed E-state index contributed by atoms with van der Waals surface area (Å²) in [6.45, 7) is 1.63. The lowest BCUT2D eigenvalue weighted by molar-refractivity contribution is -0.131. The van der Waals surface area contributed by atoms with Crippen LogP contribution in [0.5, 0.6) is 0 Å². The number of amides is 1. The molecular weight excluding hydrogens is 298 g/mol. The topological polar surface area (TPSA) is 60.9 Å². The maximum absolute atomic E-state index is 12.1. The van der Waals surface area contributed by atoms with Gasteiger partial charge in [0.25, 0.3) is 10.2 Å². The lowest BCUT2D eigenvalue weighted by atomic mass is 10.3. The molecule has 1 aliphatic heterocycles. The summed E-state index contributed by atoms with van der Waals surface area (Å²) < 4.78 is 26.6. The van der Waals surface area contributed by atoms with E-state index in [1.807, 2.05) is 17.5 Å². The Hall–Kier alpha value is -0.960. The molecule has 0 saturated carbocycles. The first-order valence-corrected chi connectivity index (χ1v) is 8.66. The van der Waals surface area contributed by atoms with Crippen molar-refractivity contribution in [3.05, 3.63) is 22.4 Å². The second-order valence-electron chi connectivity index (χ2n) is 4.83. The third-order valence-corrected chi connectivity index (χ3v) is 6.10. The smallest absolute Gasteiger partial charge is 0.281 e. The molecule has 1 fully saturated rings. The Bertz CT molecular complexity index is 547. The van der Waals surface area contributed by atoms with Gasteiger partial charge in [0.1, 0.15) is 0 Å². The third-order valence-electron chi connectivity index (χ3n) is 3.28. The van der Waals surface area contributed by atoms with E-state index in [2.05, 4.69) is 0 Å². The van der Waals surface area contributed by atoms with Crippen molar-refractivity contribution < 1.29 is 13.2 Å². The molecule has 1 amide bonds. The first-order valence-electron chi connectivity index (χ1n) is 6.39. The summed E-state index contributed by atoms with van der Waals surface area (Å²) in [6, 6.07) is 3.87. The summed E-state index contributed by atoms with van der Waals surface area (Å²) in [5, 5.41) is 1.95. The van der Waals surface area contributed by atoms with Gasteiger partial charge in [0.2, 0.25) is 5.91 Å². The van der Waals surface area contributed by atoms with Crippen LogP contribution in [0.3, 0.4) is 0 Å². The summed E-state index contributed by atoms with van der Waals surface area (Å²) in [5.41, 5.74) is 0. The van der Waals surface area contributed by atoms with Gasteiger partial charge in [0, 0.05) is 45.2 Å². The van der Waals surface area contributed by atoms with E-state index < -0.39 is 10.2 Å². The number of hydrogen-bond donors (Lipinski definition) is 0. The molecule has 0 N–H and O–H groups in total. The highest BCUT2D eigenvalue weighted by Gasteiger charge is 2.30. The zero-order chi connectivity index (χ0) is 14.8. The molecule has 0 aromatic carbocycles. The normalized spacial score (nSPS) is 17.6. The summed E-state index contributed by atoms with van der Waals surface area (Å²) in [5.74, 6) is 0.0642. The Kier molecular flexibility index (Phi) is 4.79. The standard InChI is InChI=1S/C12H19N3O3S2/c1-13(2)20(17,18)15-7-5-14(6-8-15)12(16)10-11-4-3-9-19-11/h3-4,9H,5-8,10H2,1-2H3. The van der Waals surface area contributed by atoms with Crippen molar-refractivity contribution in [2.24, 2.45) is 0 Å². The van der Waals surface area contributed by atoms with E-state index >= 15 is 0 Å². The maximum atomic E-state index is 12.1.